The SMILES string of the molecule is C=CCNC(=O)c1cncc(Nc2ccccc2)c1. The number of carbonyl (C=O) groups is 1. The molecule has 4 heteroatoms. The molecular formula is C15H15N3O. The lowest BCUT2D eigenvalue weighted by molar-refractivity contribution is 0.0957. The second-order valence-corrected chi connectivity index (χ2v) is 3.95. The first-order valence-corrected chi connectivity index (χ1v) is 5.96. The Bertz CT molecular complexity index is 567. The Morgan fingerprint density at radius 1 is 1.21 bits per heavy atom. The van der Waals surface area contributed by atoms with E-state index in [0.29, 0.717) is 12.1 Å². The van der Waals surface area contributed by atoms with Crippen LogP contribution >= 0.6 is 0 Å². The lowest BCUT2D eigenvalue weighted by Crippen LogP contribution is -2.23. The average molecular weight is 253 g/mol. The molecule has 0 radical (unpaired) electrons. The number of amides is 1. The van der Waals surface area contributed by atoms with Crippen molar-refractivity contribution in [2.45, 2.75) is 0 Å². The fraction of sp³-hybridized carbons (Fsp3) is 0.0667. The van der Waals surface area contributed by atoms with E-state index < -0.39 is 0 Å². The molecule has 0 aliphatic heterocycles. The number of benzene rings is 1. The highest BCUT2D eigenvalue weighted by Gasteiger charge is 2.05. The lowest BCUT2D eigenvalue weighted by Gasteiger charge is -2.07. The number of hydrogen-bond donors (Lipinski definition) is 2. The first kappa shape index (κ1) is 12.8. The van der Waals surface area contributed by atoms with Crippen molar-refractivity contribution in [3.05, 3.63) is 67.0 Å². The number of hydrogen-bond acceptors (Lipinski definition) is 3. The lowest BCUT2D eigenvalue weighted by atomic mass is 10.2. The Labute approximate surface area is 112 Å². The molecule has 0 fully saturated rings. The van der Waals surface area contributed by atoms with E-state index in [4.69, 9.17) is 0 Å². The maximum Gasteiger partial charge on any atom is 0.253 e. The van der Waals surface area contributed by atoms with E-state index in [1.807, 2.05) is 30.3 Å². The van der Waals surface area contributed by atoms with Crippen molar-refractivity contribution < 1.29 is 4.79 Å². The van der Waals surface area contributed by atoms with Crippen molar-refractivity contribution in [2.75, 3.05) is 11.9 Å². The smallest absolute Gasteiger partial charge is 0.253 e. The van der Waals surface area contributed by atoms with Gasteiger partial charge in [0.25, 0.3) is 5.91 Å². The summed E-state index contributed by atoms with van der Waals surface area (Å²) in [5, 5.41) is 5.91. The molecule has 2 N–H and O–H groups in total. The van der Waals surface area contributed by atoms with E-state index in [0.717, 1.165) is 11.4 Å². The third-order valence-corrected chi connectivity index (χ3v) is 2.47. The van der Waals surface area contributed by atoms with E-state index in [9.17, 15) is 4.79 Å². The summed E-state index contributed by atoms with van der Waals surface area (Å²) in [5.74, 6) is -0.163. The molecule has 0 bridgehead atoms. The van der Waals surface area contributed by atoms with E-state index in [2.05, 4.69) is 22.2 Å². The number of aromatic nitrogens is 1. The van der Waals surface area contributed by atoms with Crippen LogP contribution in [-0.2, 0) is 0 Å². The average Bonchev–Trinajstić information content (AvgIpc) is 2.46. The highest BCUT2D eigenvalue weighted by Crippen LogP contribution is 2.15. The molecule has 1 heterocycles. The molecule has 0 unspecified atom stereocenters. The quantitative estimate of drug-likeness (QED) is 0.806. The van der Waals surface area contributed by atoms with Crippen LogP contribution < -0.4 is 10.6 Å². The summed E-state index contributed by atoms with van der Waals surface area (Å²) in [4.78, 5) is 15.8. The minimum atomic E-state index is -0.163. The van der Waals surface area contributed by atoms with Gasteiger partial charge in [0.15, 0.2) is 0 Å². The maximum absolute atomic E-state index is 11.8. The Morgan fingerprint density at radius 2 is 2.00 bits per heavy atom. The number of rotatable bonds is 5. The van der Waals surface area contributed by atoms with E-state index in [-0.39, 0.29) is 5.91 Å². The van der Waals surface area contributed by atoms with Crippen LogP contribution in [0.2, 0.25) is 0 Å². The van der Waals surface area contributed by atoms with Crippen LogP contribution in [0.1, 0.15) is 10.4 Å². The predicted molar refractivity (Wildman–Crippen MR) is 76.5 cm³/mol. The molecule has 4 nitrogen and oxygen atoms in total. The van der Waals surface area contributed by atoms with Crippen molar-refractivity contribution in [1.82, 2.24) is 10.3 Å². The van der Waals surface area contributed by atoms with Crippen molar-refractivity contribution in [1.29, 1.82) is 0 Å². The fourth-order valence-electron chi connectivity index (χ4n) is 1.59. The number of pyridine rings is 1. The Hall–Kier alpha value is -2.62. The highest BCUT2D eigenvalue weighted by atomic mass is 16.1. The van der Waals surface area contributed by atoms with Gasteiger partial charge in [-0.3, -0.25) is 9.78 Å². The predicted octanol–water partition coefficient (Wildman–Crippen LogP) is 2.74. The normalized spacial score (nSPS) is 9.68. The maximum atomic E-state index is 11.8. The molecule has 2 aromatic rings. The molecule has 1 aromatic carbocycles. The summed E-state index contributed by atoms with van der Waals surface area (Å²) in [6.07, 6.45) is 4.85. The molecule has 0 atom stereocenters. The third kappa shape index (κ3) is 3.67. The van der Waals surface area contributed by atoms with Crippen molar-refractivity contribution in [2.24, 2.45) is 0 Å². The van der Waals surface area contributed by atoms with Gasteiger partial charge in [-0.2, -0.15) is 0 Å². The van der Waals surface area contributed by atoms with E-state index in [1.54, 1.807) is 18.3 Å². The number of carbonyl (C=O) groups excluding carboxylic acids is 1. The fourth-order valence-corrected chi connectivity index (χ4v) is 1.59. The second kappa shape index (κ2) is 6.35. The van der Waals surface area contributed by atoms with Crippen LogP contribution in [0, 0.1) is 0 Å². The van der Waals surface area contributed by atoms with Gasteiger partial charge in [-0.15, -0.1) is 6.58 Å². The molecule has 0 saturated carbocycles. The van der Waals surface area contributed by atoms with Gasteiger partial charge in [0.05, 0.1) is 17.4 Å². The van der Waals surface area contributed by atoms with Gasteiger partial charge < -0.3 is 10.6 Å². The molecule has 96 valence electrons. The van der Waals surface area contributed by atoms with E-state index in [1.165, 1.54) is 6.20 Å². The minimum Gasteiger partial charge on any atom is -0.354 e. The topological polar surface area (TPSA) is 54.0 Å². The van der Waals surface area contributed by atoms with Gasteiger partial charge in [-0.1, -0.05) is 24.3 Å². The standard InChI is InChI=1S/C15H15N3O/c1-2-8-17-15(19)12-9-14(11-16-10-12)18-13-6-4-3-5-7-13/h2-7,9-11,18H,1,8H2,(H,17,19). The zero-order valence-corrected chi connectivity index (χ0v) is 10.5. The van der Waals surface area contributed by atoms with Crippen LogP contribution in [0.5, 0.6) is 0 Å². The van der Waals surface area contributed by atoms with E-state index >= 15 is 0 Å². The summed E-state index contributed by atoms with van der Waals surface area (Å²) < 4.78 is 0. The molecule has 0 spiro atoms. The number of nitrogens with one attached hydrogen (secondary N) is 2. The molecule has 1 amide bonds. The van der Waals surface area contributed by atoms with Crippen LogP contribution in [0.4, 0.5) is 11.4 Å². The van der Waals surface area contributed by atoms with Crippen LogP contribution in [0.25, 0.3) is 0 Å². The van der Waals surface area contributed by atoms with Gasteiger partial charge in [-0.25, -0.2) is 0 Å². The summed E-state index contributed by atoms with van der Waals surface area (Å²) >= 11 is 0. The van der Waals surface area contributed by atoms with Crippen LogP contribution in [-0.4, -0.2) is 17.4 Å². The van der Waals surface area contributed by atoms with Crippen molar-refractivity contribution in [3.8, 4) is 0 Å². The molecular weight excluding hydrogens is 238 g/mol. The molecule has 1 aromatic heterocycles. The van der Waals surface area contributed by atoms with Gasteiger partial charge >= 0.3 is 0 Å². The Balaban J connectivity index is 2.11. The number of nitrogens with zero attached hydrogens (tertiary/aromatic N) is 1. The summed E-state index contributed by atoms with van der Waals surface area (Å²) in [5.41, 5.74) is 2.24. The first-order chi connectivity index (χ1) is 9.29. The van der Waals surface area contributed by atoms with Gasteiger partial charge in [-0.05, 0) is 18.2 Å². The molecule has 0 aliphatic carbocycles. The largest absolute Gasteiger partial charge is 0.354 e. The molecule has 0 aliphatic rings. The zero-order valence-electron chi connectivity index (χ0n) is 10.5. The van der Waals surface area contributed by atoms with Crippen molar-refractivity contribution >= 4 is 17.3 Å². The second-order valence-electron chi connectivity index (χ2n) is 3.95. The van der Waals surface area contributed by atoms with Crippen LogP contribution in [0.15, 0.2) is 61.4 Å². The van der Waals surface area contributed by atoms with Gasteiger partial charge in [0.1, 0.15) is 0 Å². The summed E-state index contributed by atoms with van der Waals surface area (Å²) in [6, 6.07) is 11.5. The monoisotopic (exact) mass is 253 g/mol. The third-order valence-electron chi connectivity index (χ3n) is 2.47. The summed E-state index contributed by atoms with van der Waals surface area (Å²) in [6.45, 7) is 4.00. The van der Waals surface area contributed by atoms with Crippen molar-refractivity contribution in [3.63, 3.8) is 0 Å². The number of anilines is 2. The highest BCUT2D eigenvalue weighted by molar-refractivity contribution is 5.94. The Kier molecular flexibility index (Phi) is 4.29. The zero-order chi connectivity index (χ0) is 13.5. The van der Waals surface area contributed by atoms with Gasteiger partial charge in [0, 0.05) is 18.4 Å². The molecule has 2 rings (SSSR count). The number of para-hydroxylation sites is 1. The minimum absolute atomic E-state index is 0.163. The Morgan fingerprint density at radius 3 is 2.74 bits per heavy atom. The summed E-state index contributed by atoms with van der Waals surface area (Å²) in [7, 11) is 0. The molecule has 0 saturated heterocycles. The van der Waals surface area contributed by atoms with Crippen LogP contribution in [0.3, 0.4) is 0 Å². The molecule has 19 heavy (non-hydrogen) atoms. The first-order valence-electron chi connectivity index (χ1n) is 5.96. The van der Waals surface area contributed by atoms with Gasteiger partial charge in [0.2, 0.25) is 0 Å².